The van der Waals surface area contributed by atoms with Crippen molar-refractivity contribution in [3.63, 3.8) is 0 Å². The van der Waals surface area contributed by atoms with E-state index < -0.39 is 0 Å². The second-order valence-electron chi connectivity index (χ2n) is 7.95. The molecule has 0 unspecified atom stereocenters. The molecule has 0 N–H and O–H groups in total. The molecule has 1 aliphatic carbocycles. The standard InChI is InChI=1S/C18H27BO4/c1-7-18-9-8-13(20)10-15(18)14(11-21-18)12(2)19-22-16(3,4)17(5,6)23-19/h8-9,15H,7,10-11H2,1-6H3/b14-12-/t15-,18-/m0/s1. The Kier molecular flexibility index (Phi) is 3.90. The van der Waals surface area contributed by atoms with Crippen molar-refractivity contribution in [1.29, 1.82) is 0 Å². The molecule has 23 heavy (non-hydrogen) atoms. The van der Waals surface area contributed by atoms with Crippen LogP contribution < -0.4 is 0 Å². The highest BCUT2D eigenvalue weighted by molar-refractivity contribution is 6.54. The van der Waals surface area contributed by atoms with E-state index in [9.17, 15) is 4.79 Å². The van der Waals surface area contributed by atoms with Gasteiger partial charge in [0.05, 0.1) is 23.4 Å². The van der Waals surface area contributed by atoms with Gasteiger partial charge in [-0.1, -0.05) is 6.92 Å². The average Bonchev–Trinajstić information content (AvgIpc) is 2.94. The van der Waals surface area contributed by atoms with Crippen LogP contribution in [-0.2, 0) is 18.8 Å². The molecule has 2 saturated heterocycles. The number of ketones is 1. The Morgan fingerprint density at radius 2 is 1.87 bits per heavy atom. The summed E-state index contributed by atoms with van der Waals surface area (Å²) in [6.45, 7) is 12.9. The lowest BCUT2D eigenvalue weighted by Gasteiger charge is -2.33. The summed E-state index contributed by atoms with van der Waals surface area (Å²) in [4.78, 5) is 11.9. The van der Waals surface area contributed by atoms with Gasteiger partial charge in [0.2, 0.25) is 0 Å². The van der Waals surface area contributed by atoms with Gasteiger partial charge in [-0.15, -0.1) is 0 Å². The highest BCUT2D eigenvalue weighted by Gasteiger charge is 2.54. The van der Waals surface area contributed by atoms with Crippen molar-refractivity contribution in [3.8, 4) is 0 Å². The minimum absolute atomic E-state index is 0.101. The summed E-state index contributed by atoms with van der Waals surface area (Å²) < 4.78 is 18.5. The Hall–Kier alpha value is -0.905. The van der Waals surface area contributed by atoms with Crippen molar-refractivity contribution in [1.82, 2.24) is 0 Å². The second-order valence-corrected chi connectivity index (χ2v) is 7.95. The molecule has 0 spiro atoms. The van der Waals surface area contributed by atoms with Crippen molar-refractivity contribution in [2.24, 2.45) is 5.92 Å². The van der Waals surface area contributed by atoms with E-state index >= 15 is 0 Å². The minimum Gasteiger partial charge on any atom is -0.400 e. The maximum absolute atomic E-state index is 11.9. The Bertz CT molecular complexity index is 574. The third kappa shape index (κ3) is 2.53. The number of carbonyl (C=O) groups excluding carboxylic acids is 1. The minimum atomic E-state index is -0.368. The normalized spacial score (nSPS) is 37.2. The smallest absolute Gasteiger partial charge is 0.400 e. The quantitative estimate of drug-likeness (QED) is 0.733. The van der Waals surface area contributed by atoms with Crippen LogP contribution in [0.1, 0.15) is 54.4 Å². The first-order valence-corrected chi connectivity index (χ1v) is 8.53. The summed E-state index contributed by atoms with van der Waals surface area (Å²) >= 11 is 0. The molecule has 0 aromatic rings. The van der Waals surface area contributed by atoms with Crippen LogP contribution in [0.3, 0.4) is 0 Å². The summed E-state index contributed by atoms with van der Waals surface area (Å²) in [5.41, 5.74) is 1.18. The molecular weight excluding hydrogens is 291 g/mol. The van der Waals surface area contributed by atoms with Crippen molar-refractivity contribution in [2.45, 2.75) is 71.2 Å². The molecule has 0 radical (unpaired) electrons. The molecule has 2 heterocycles. The van der Waals surface area contributed by atoms with E-state index in [-0.39, 0.29) is 35.6 Å². The van der Waals surface area contributed by atoms with E-state index in [1.54, 1.807) is 6.08 Å². The van der Waals surface area contributed by atoms with E-state index in [4.69, 9.17) is 14.0 Å². The molecule has 2 atom stereocenters. The highest BCUT2D eigenvalue weighted by Crippen LogP contribution is 2.47. The van der Waals surface area contributed by atoms with Crippen molar-refractivity contribution >= 4 is 12.9 Å². The fourth-order valence-electron chi connectivity index (χ4n) is 3.70. The highest BCUT2D eigenvalue weighted by atomic mass is 16.7. The number of carbonyl (C=O) groups is 1. The van der Waals surface area contributed by atoms with Gasteiger partial charge >= 0.3 is 7.12 Å². The number of fused-ring (bicyclic) bond motifs is 1. The van der Waals surface area contributed by atoms with E-state index in [1.165, 1.54) is 5.57 Å². The van der Waals surface area contributed by atoms with Crippen molar-refractivity contribution in [3.05, 3.63) is 23.2 Å². The summed E-state index contributed by atoms with van der Waals surface area (Å²) in [6.07, 6.45) is 5.00. The lowest BCUT2D eigenvalue weighted by atomic mass is 9.68. The Morgan fingerprint density at radius 3 is 2.43 bits per heavy atom. The second kappa shape index (κ2) is 5.30. The maximum atomic E-state index is 11.9. The largest absolute Gasteiger partial charge is 0.490 e. The first kappa shape index (κ1) is 16.9. The van der Waals surface area contributed by atoms with E-state index in [0.717, 1.165) is 11.9 Å². The zero-order chi connectivity index (χ0) is 17.0. The van der Waals surface area contributed by atoms with Gasteiger partial charge in [0.25, 0.3) is 0 Å². The molecule has 126 valence electrons. The number of ether oxygens (including phenoxy) is 1. The predicted octanol–water partition coefficient (Wildman–Crippen LogP) is 3.26. The lowest BCUT2D eigenvalue weighted by Crippen LogP contribution is -2.41. The molecule has 0 amide bonds. The van der Waals surface area contributed by atoms with Gasteiger partial charge in [-0.05, 0) is 64.2 Å². The van der Waals surface area contributed by atoms with Crippen LogP contribution in [-0.4, -0.2) is 36.3 Å². The monoisotopic (exact) mass is 318 g/mol. The molecule has 0 aromatic carbocycles. The Morgan fingerprint density at radius 1 is 1.26 bits per heavy atom. The topological polar surface area (TPSA) is 44.8 Å². The third-order valence-corrected chi connectivity index (χ3v) is 6.13. The van der Waals surface area contributed by atoms with Crippen LogP contribution >= 0.6 is 0 Å². The van der Waals surface area contributed by atoms with Crippen LogP contribution in [0.15, 0.2) is 23.2 Å². The summed E-state index contributed by atoms with van der Waals surface area (Å²) in [5, 5.41) is 0. The number of rotatable bonds is 2. The van der Waals surface area contributed by atoms with Crippen LogP contribution in [0.2, 0.25) is 0 Å². The van der Waals surface area contributed by atoms with Crippen LogP contribution in [0, 0.1) is 5.92 Å². The zero-order valence-electron chi connectivity index (χ0n) is 15.1. The molecular formula is C18H27BO4. The molecule has 2 aliphatic heterocycles. The first-order valence-electron chi connectivity index (χ1n) is 8.53. The first-order chi connectivity index (χ1) is 10.6. The molecule has 0 saturated carbocycles. The SMILES string of the molecule is CC[C@]12C=CC(=O)C[C@H]1/C(=C(/C)B1OC(C)(C)C(C)(C)O1)CO2. The van der Waals surface area contributed by atoms with Crippen molar-refractivity contribution in [2.75, 3.05) is 6.61 Å². The third-order valence-electron chi connectivity index (χ3n) is 6.13. The fourth-order valence-corrected chi connectivity index (χ4v) is 3.70. The fraction of sp³-hybridized carbons (Fsp3) is 0.722. The zero-order valence-corrected chi connectivity index (χ0v) is 15.1. The Balaban J connectivity index is 1.94. The van der Waals surface area contributed by atoms with Crippen molar-refractivity contribution < 1.29 is 18.8 Å². The summed E-state index contributed by atoms with van der Waals surface area (Å²) in [5.74, 6) is 0.271. The van der Waals surface area contributed by atoms with Gasteiger partial charge in [-0.2, -0.15) is 0 Å². The number of allylic oxidation sites excluding steroid dienone is 2. The molecule has 3 rings (SSSR count). The molecule has 0 aromatic heterocycles. The lowest BCUT2D eigenvalue weighted by molar-refractivity contribution is -0.117. The van der Waals surface area contributed by atoms with Crippen LogP contribution in [0.5, 0.6) is 0 Å². The van der Waals surface area contributed by atoms with Gasteiger partial charge in [-0.25, -0.2) is 0 Å². The van der Waals surface area contributed by atoms with Crippen LogP contribution in [0.25, 0.3) is 0 Å². The predicted molar refractivity (Wildman–Crippen MR) is 90.0 cm³/mol. The van der Waals surface area contributed by atoms with E-state index in [1.807, 2.05) is 6.08 Å². The van der Waals surface area contributed by atoms with Crippen LogP contribution in [0.4, 0.5) is 0 Å². The molecule has 5 heteroatoms. The average molecular weight is 318 g/mol. The van der Waals surface area contributed by atoms with Gasteiger partial charge in [0.1, 0.15) is 0 Å². The number of hydrogen-bond acceptors (Lipinski definition) is 4. The van der Waals surface area contributed by atoms with Gasteiger partial charge < -0.3 is 14.0 Å². The Labute approximate surface area is 139 Å². The van der Waals surface area contributed by atoms with Gasteiger partial charge in [0.15, 0.2) is 5.78 Å². The summed E-state index contributed by atoms with van der Waals surface area (Å²) in [6, 6.07) is 0. The molecule has 2 fully saturated rings. The molecule has 0 bridgehead atoms. The number of hydrogen-bond donors (Lipinski definition) is 0. The van der Waals surface area contributed by atoms with E-state index in [2.05, 4.69) is 41.5 Å². The summed E-state index contributed by atoms with van der Waals surface area (Å²) in [7, 11) is -0.368. The van der Waals surface area contributed by atoms with Gasteiger partial charge in [-0.3, -0.25) is 4.79 Å². The molecule has 4 nitrogen and oxygen atoms in total. The maximum Gasteiger partial charge on any atom is 0.490 e. The molecule has 3 aliphatic rings. The van der Waals surface area contributed by atoms with Gasteiger partial charge in [0, 0.05) is 12.3 Å². The van der Waals surface area contributed by atoms with E-state index in [0.29, 0.717) is 13.0 Å².